The summed E-state index contributed by atoms with van der Waals surface area (Å²) in [4.78, 5) is 30.3. The molecule has 3 heterocycles. The number of carbonyl (C=O) groups excluding carboxylic acids is 1. The number of hydrogen-bond acceptors (Lipinski definition) is 4. The van der Waals surface area contributed by atoms with Crippen molar-refractivity contribution >= 4 is 23.5 Å². The molecule has 0 aliphatic carbocycles. The molecule has 2 aliphatic rings. The number of piperidine rings is 1. The van der Waals surface area contributed by atoms with Crippen LogP contribution in [0.4, 0.5) is 16.3 Å². The predicted octanol–water partition coefficient (Wildman–Crippen LogP) is 0.626. The lowest BCUT2D eigenvalue weighted by atomic mass is 9.88. The van der Waals surface area contributed by atoms with E-state index >= 15 is 0 Å². The zero-order valence-corrected chi connectivity index (χ0v) is 10.9. The summed E-state index contributed by atoms with van der Waals surface area (Å²) in [5.41, 5.74) is 6.26. The van der Waals surface area contributed by atoms with Crippen molar-refractivity contribution in [3.8, 4) is 0 Å². The SMILES string of the molecule is Nc1ccc(N2CC3CN(C(=O)O)CC3CC2=O)cn1. The van der Waals surface area contributed by atoms with Crippen molar-refractivity contribution in [2.75, 3.05) is 30.3 Å². The van der Waals surface area contributed by atoms with Crippen molar-refractivity contribution < 1.29 is 14.7 Å². The number of nitrogen functional groups attached to an aromatic ring is 1. The number of hydrogen-bond donors (Lipinski definition) is 2. The van der Waals surface area contributed by atoms with Crippen LogP contribution in [-0.2, 0) is 4.79 Å². The number of amides is 2. The first-order chi connectivity index (χ1) is 9.54. The number of carbonyl (C=O) groups is 2. The van der Waals surface area contributed by atoms with Crippen LogP contribution in [0.25, 0.3) is 0 Å². The van der Waals surface area contributed by atoms with E-state index in [9.17, 15) is 9.59 Å². The number of likely N-dealkylation sites (tertiary alicyclic amines) is 1. The fourth-order valence-electron chi connectivity index (χ4n) is 3.01. The van der Waals surface area contributed by atoms with Crippen molar-refractivity contribution in [1.82, 2.24) is 9.88 Å². The minimum Gasteiger partial charge on any atom is -0.465 e. The van der Waals surface area contributed by atoms with E-state index in [-0.39, 0.29) is 17.7 Å². The number of fused-ring (bicyclic) bond motifs is 1. The van der Waals surface area contributed by atoms with Crippen molar-refractivity contribution in [3.63, 3.8) is 0 Å². The van der Waals surface area contributed by atoms with E-state index in [1.165, 1.54) is 4.90 Å². The van der Waals surface area contributed by atoms with Gasteiger partial charge in [-0.05, 0) is 24.0 Å². The Balaban J connectivity index is 1.77. The van der Waals surface area contributed by atoms with Gasteiger partial charge in [-0.1, -0.05) is 0 Å². The molecule has 2 atom stereocenters. The molecule has 2 unspecified atom stereocenters. The number of nitrogens with two attached hydrogens (primary N) is 1. The Bertz CT molecular complexity index is 545. The Morgan fingerprint density at radius 2 is 2.05 bits per heavy atom. The van der Waals surface area contributed by atoms with Gasteiger partial charge in [-0.15, -0.1) is 0 Å². The highest BCUT2D eigenvalue weighted by molar-refractivity contribution is 5.94. The molecule has 1 aromatic rings. The summed E-state index contributed by atoms with van der Waals surface area (Å²) in [6.07, 6.45) is 1.06. The van der Waals surface area contributed by atoms with Gasteiger partial charge in [0.05, 0.1) is 11.9 Å². The zero-order chi connectivity index (χ0) is 14.3. The lowest BCUT2D eigenvalue weighted by molar-refractivity contribution is -0.121. The average molecular weight is 276 g/mol. The maximum absolute atomic E-state index is 12.2. The van der Waals surface area contributed by atoms with Crippen LogP contribution in [0.2, 0.25) is 0 Å². The largest absolute Gasteiger partial charge is 0.465 e. The maximum atomic E-state index is 12.2. The van der Waals surface area contributed by atoms with Gasteiger partial charge >= 0.3 is 6.09 Å². The van der Waals surface area contributed by atoms with Crippen LogP contribution in [0.1, 0.15) is 6.42 Å². The molecule has 3 rings (SSSR count). The molecule has 2 fully saturated rings. The highest BCUT2D eigenvalue weighted by Gasteiger charge is 2.42. The third kappa shape index (κ3) is 2.15. The smallest absolute Gasteiger partial charge is 0.407 e. The molecule has 0 aromatic carbocycles. The highest BCUT2D eigenvalue weighted by Crippen LogP contribution is 2.33. The molecule has 2 aliphatic heterocycles. The molecule has 0 spiro atoms. The average Bonchev–Trinajstić information content (AvgIpc) is 2.82. The van der Waals surface area contributed by atoms with Gasteiger partial charge in [0, 0.05) is 26.1 Å². The van der Waals surface area contributed by atoms with E-state index < -0.39 is 6.09 Å². The normalized spacial score (nSPS) is 25.7. The quantitative estimate of drug-likeness (QED) is 0.783. The van der Waals surface area contributed by atoms with Crippen molar-refractivity contribution in [2.24, 2.45) is 11.8 Å². The van der Waals surface area contributed by atoms with Crippen molar-refractivity contribution in [1.29, 1.82) is 0 Å². The van der Waals surface area contributed by atoms with Crippen LogP contribution >= 0.6 is 0 Å². The second kappa shape index (κ2) is 4.66. The van der Waals surface area contributed by atoms with Gasteiger partial charge in [0.2, 0.25) is 5.91 Å². The summed E-state index contributed by atoms with van der Waals surface area (Å²) in [6.45, 7) is 1.49. The fourth-order valence-corrected chi connectivity index (χ4v) is 3.01. The Labute approximate surface area is 116 Å². The van der Waals surface area contributed by atoms with Crippen LogP contribution in [0, 0.1) is 11.8 Å². The first-order valence-corrected chi connectivity index (χ1v) is 6.54. The molecular weight excluding hydrogens is 260 g/mol. The Morgan fingerprint density at radius 3 is 2.70 bits per heavy atom. The van der Waals surface area contributed by atoms with Gasteiger partial charge in [0.25, 0.3) is 0 Å². The number of rotatable bonds is 1. The first-order valence-electron chi connectivity index (χ1n) is 6.54. The van der Waals surface area contributed by atoms with Crippen LogP contribution in [-0.4, -0.2) is 46.6 Å². The highest BCUT2D eigenvalue weighted by atomic mass is 16.4. The van der Waals surface area contributed by atoms with Gasteiger partial charge in [0.1, 0.15) is 5.82 Å². The Hall–Kier alpha value is -2.31. The van der Waals surface area contributed by atoms with Crippen molar-refractivity contribution in [3.05, 3.63) is 18.3 Å². The number of aromatic nitrogens is 1. The van der Waals surface area contributed by atoms with Gasteiger partial charge in [0.15, 0.2) is 0 Å². The van der Waals surface area contributed by atoms with Gasteiger partial charge < -0.3 is 20.6 Å². The summed E-state index contributed by atoms with van der Waals surface area (Å²) in [5, 5.41) is 9.04. The third-order valence-electron chi connectivity index (χ3n) is 4.08. The molecule has 2 saturated heterocycles. The summed E-state index contributed by atoms with van der Waals surface area (Å²) >= 11 is 0. The summed E-state index contributed by atoms with van der Waals surface area (Å²) < 4.78 is 0. The van der Waals surface area contributed by atoms with Crippen LogP contribution in [0.15, 0.2) is 18.3 Å². The summed E-state index contributed by atoms with van der Waals surface area (Å²) in [5.74, 6) is 0.761. The van der Waals surface area contributed by atoms with Crippen molar-refractivity contribution in [2.45, 2.75) is 6.42 Å². The molecule has 0 radical (unpaired) electrons. The molecule has 3 N–H and O–H groups in total. The number of anilines is 2. The Kier molecular flexibility index (Phi) is 2.96. The number of nitrogens with zero attached hydrogens (tertiary/aromatic N) is 3. The molecule has 7 nitrogen and oxygen atoms in total. The molecular formula is C13H16N4O3. The minimum atomic E-state index is -0.910. The van der Waals surface area contributed by atoms with Gasteiger partial charge in [-0.3, -0.25) is 4.79 Å². The third-order valence-corrected chi connectivity index (χ3v) is 4.08. The van der Waals surface area contributed by atoms with E-state index in [2.05, 4.69) is 4.98 Å². The predicted molar refractivity (Wildman–Crippen MR) is 72.2 cm³/mol. The summed E-state index contributed by atoms with van der Waals surface area (Å²) in [6, 6.07) is 3.43. The van der Waals surface area contributed by atoms with E-state index in [1.54, 1.807) is 23.2 Å². The minimum absolute atomic E-state index is 0.0186. The molecule has 20 heavy (non-hydrogen) atoms. The standard InChI is InChI=1S/C13H16N4O3/c14-11-2-1-10(4-15-11)17-7-9-6-16(13(19)20)5-8(9)3-12(17)18/h1-2,4,8-9H,3,5-7H2,(H2,14,15)(H,19,20). The topological polar surface area (TPSA) is 99.8 Å². The molecule has 0 saturated carbocycles. The Morgan fingerprint density at radius 1 is 1.30 bits per heavy atom. The van der Waals surface area contributed by atoms with Gasteiger partial charge in [-0.2, -0.15) is 0 Å². The number of carboxylic acid groups (broad SMARTS) is 1. The van der Waals surface area contributed by atoms with Crippen LogP contribution in [0.3, 0.4) is 0 Å². The van der Waals surface area contributed by atoms with E-state index in [0.29, 0.717) is 31.9 Å². The van der Waals surface area contributed by atoms with Crippen LogP contribution in [0.5, 0.6) is 0 Å². The van der Waals surface area contributed by atoms with E-state index in [0.717, 1.165) is 5.69 Å². The monoisotopic (exact) mass is 276 g/mol. The van der Waals surface area contributed by atoms with Crippen LogP contribution < -0.4 is 10.6 Å². The zero-order valence-electron chi connectivity index (χ0n) is 10.9. The molecule has 7 heteroatoms. The lowest BCUT2D eigenvalue weighted by Gasteiger charge is -2.33. The molecule has 2 amide bonds. The van der Waals surface area contributed by atoms with E-state index in [4.69, 9.17) is 10.8 Å². The fraction of sp³-hybridized carbons (Fsp3) is 0.462. The second-order valence-corrected chi connectivity index (χ2v) is 5.36. The molecule has 0 bridgehead atoms. The maximum Gasteiger partial charge on any atom is 0.407 e. The first kappa shape index (κ1) is 12.7. The molecule has 106 valence electrons. The lowest BCUT2D eigenvalue weighted by Crippen LogP contribution is -2.44. The summed E-state index contributed by atoms with van der Waals surface area (Å²) in [7, 11) is 0. The molecule has 1 aromatic heterocycles. The van der Waals surface area contributed by atoms with E-state index in [1.807, 2.05) is 0 Å². The second-order valence-electron chi connectivity index (χ2n) is 5.36. The number of pyridine rings is 1. The van der Waals surface area contributed by atoms with Gasteiger partial charge in [-0.25, -0.2) is 9.78 Å².